The lowest BCUT2D eigenvalue weighted by atomic mass is 9.82. The molecule has 8 heteroatoms. The van der Waals surface area contributed by atoms with Gasteiger partial charge in [0.1, 0.15) is 30.5 Å². The topological polar surface area (TPSA) is 129 Å². The van der Waals surface area contributed by atoms with E-state index in [1.807, 2.05) is 20.8 Å². The van der Waals surface area contributed by atoms with Gasteiger partial charge in [-0.1, -0.05) is 13.8 Å². The van der Waals surface area contributed by atoms with Gasteiger partial charge in [-0.3, -0.25) is 0 Å². The van der Waals surface area contributed by atoms with Crippen LogP contribution in [0, 0.1) is 5.41 Å². The van der Waals surface area contributed by atoms with Crippen LogP contribution in [0.2, 0.25) is 0 Å². The van der Waals surface area contributed by atoms with E-state index in [2.05, 4.69) is 0 Å². The summed E-state index contributed by atoms with van der Waals surface area (Å²) in [6.45, 7) is 5.02. The normalized spacial score (nSPS) is 46.1. The van der Waals surface area contributed by atoms with E-state index in [1.54, 1.807) is 0 Å². The molecule has 0 spiro atoms. The molecule has 2 fully saturated rings. The first-order valence-electron chi connectivity index (χ1n) is 7.45. The minimum atomic E-state index is -1.36. The van der Waals surface area contributed by atoms with Gasteiger partial charge in [0.05, 0.1) is 25.4 Å². The molecule has 0 aliphatic carbocycles. The van der Waals surface area contributed by atoms with Crippen molar-refractivity contribution >= 4 is 0 Å². The molecule has 2 heterocycles. The Balaban J connectivity index is 1.90. The van der Waals surface area contributed by atoms with Crippen molar-refractivity contribution in [2.24, 2.45) is 5.41 Å². The first kappa shape index (κ1) is 18.0. The van der Waals surface area contributed by atoms with Crippen molar-refractivity contribution in [3.8, 4) is 0 Å². The smallest absolute Gasteiger partial charge is 0.186 e. The van der Waals surface area contributed by atoms with Gasteiger partial charge in [0, 0.05) is 5.41 Å². The third kappa shape index (κ3) is 3.15. The van der Waals surface area contributed by atoms with E-state index in [9.17, 15) is 20.4 Å². The highest BCUT2D eigenvalue weighted by atomic mass is 16.7. The Morgan fingerprint density at radius 1 is 1.14 bits per heavy atom. The summed E-state index contributed by atoms with van der Waals surface area (Å²) in [5.74, 6) is 0. The maximum atomic E-state index is 10.2. The number of aliphatic hydroxyl groups is 5. The predicted molar refractivity (Wildman–Crippen MR) is 73.8 cm³/mol. The van der Waals surface area contributed by atoms with Gasteiger partial charge in [0.2, 0.25) is 0 Å². The molecule has 8 nitrogen and oxygen atoms in total. The third-order valence-corrected chi connectivity index (χ3v) is 4.79. The molecule has 8 unspecified atom stereocenters. The second-order valence-corrected chi connectivity index (χ2v) is 6.62. The zero-order valence-electron chi connectivity index (χ0n) is 13.0. The zero-order valence-corrected chi connectivity index (χ0v) is 13.0. The molecular formula is C14H26O8. The number of rotatable bonds is 5. The quantitative estimate of drug-likeness (QED) is 0.392. The first-order chi connectivity index (χ1) is 10.2. The van der Waals surface area contributed by atoms with E-state index in [0.717, 1.165) is 0 Å². The molecule has 5 N–H and O–H groups in total. The lowest BCUT2D eigenvalue weighted by Gasteiger charge is -2.26. The Hall–Kier alpha value is -0.320. The lowest BCUT2D eigenvalue weighted by molar-refractivity contribution is -0.196. The van der Waals surface area contributed by atoms with Crippen LogP contribution in [0.15, 0.2) is 0 Å². The van der Waals surface area contributed by atoms with Gasteiger partial charge in [0.25, 0.3) is 0 Å². The fourth-order valence-corrected chi connectivity index (χ4v) is 2.78. The number of ether oxygens (including phenoxy) is 3. The number of hydrogen-bond acceptors (Lipinski definition) is 8. The summed E-state index contributed by atoms with van der Waals surface area (Å²) in [6.07, 6.45) is -7.77. The summed E-state index contributed by atoms with van der Waals surface area (Å²) >= 11 is 0. The van der Waals surface area contributed by atoms with Crippen molar-refractivity contribution in [3.05, 3.63) is 0 Å². The summed E-state index contributed by atoms with van der Waals surface area (Å²) in [7, 11) is 0. The number of hydrogen-bond donors (Lipinski definition) is 5. The van der Waals surface area contributed by atoms with E-state index in [-0.39, 0.29) is 12.7 Å². The Morgan fingerprint density at radius 3 is 2.27 bits per heavy atom. The Kier molecular flexibility index (Phi) is 5.46. The van der Waals surface area contributed by atoms with E-state index in [1.165, 1.54) is 0 Å². The van der Waals surface area contributed by atoms with Crippen molar-refractivity contribution in [3.63, 3.8) is 0 Å². The highest BCUT2D eigenvalue weighted by Crippen LogP contribution is 2.38. The molecular weight excluding hydrogens is 296 g/mol. The zero-order chi connectivity index (χ0) is 16.7. The van der Waals surface area contributed by atoms with Crippen molar-refractivity contribution in [1.29, 1.82) is 0 Å². The summed E-state index contributed by atoms with van der Waals surface area (Å²) in [5, 5.41) is 48.3. The van der Waals surface area contributed by atoms with E-state index >= 15 is 0 Å². The van der Waals surface area contributed by atoms with Gasteiger partial charge in [0.15, 0.2) is 6.29 Å². The lowest BCUT2D eigenvalue weighted by Crippen LogP contribution is -2.41. The highest BCUT2D eigenvalue weighted by Gasteiger charge is 2.50. The SMILES string of the molecule is CC1OC(COC2OC(C(O)CO)C(O)C2O)C(O)C1(C)C. The minimum absolute atomic E-state index is 0.0225. The van der Waals surface area contributed by atoms with Gasteiger partial charge in [-0.25, -0.2) is 0 Å². The largest absolute Gasteiger partial charge is 0.394 e. The summed E-state index contributed by atoms with van der Waals surface area (Å²) in [6, 6.07) is 0. The first-order valence-corrected chi connectivity index (χ1v) is 7.45. The maximum absolute atomic E-state index is 10.2. The fraction of sp³-hybridized carbons (Fsp3) is 1.00. The van der Waals surface area contributed by atoms with E-state index in [4.69, 9.17) is 19.3 Å². The molecule has 2 saturated heterocycles. The molecule has 8 atom stereocenters. The molecule has 0 aromatic rings. The van der Waals surface area contributed by atoms with Crippen molar-refractivity contribution < 1.29 is 39.7 Å². The standard InChI is InChI=1S/C14H26O8/c1-6-14(2,3)12(19)8(21-6)5-20-13-10(18)9(17)11(22-13)7(16)4-15/h6-13,15-19H,4-5H2,1-3H3. The van der Waals surface area contributed by atoms with Crippen molar-refractivity contribution in [1.82, 2.24) is 0 Å². The van der Waals surface area contributed by atoms with Crippen LogP contribution >= 0.6 is 0 Å². The van der Waals surface area contributed by atoms with Crippen LogP contribution in [0.4, 0.5) is 0 Å². The van der Waals surface area contributed by atoms with Crippen molar-refractivity contribution in [2.75, 3.05) is 13.2 Å². The molecule has 0 radical (unpaired) electrons. The van der Waals surface area contributed by atoms with Gasteiger partial charge in [-0.05, 0) is 6.92 Å². The minimum Gasteiger partial charge on any atom is -0.394 e. The van der Waals surface area contributed by atoms with Gasteiger partial charge in [-0.2, -0.15) is 0 Å². The molecule has 0 saturated carbocycles. The molecule has 0 aromatic heterocycles. The second kappa shape index (κ2) is 6.66. The third-order valence-electron chi connectivity index (χ3n) is 4.79. The monoisotopic (exact) mass is 322 g/mol. The highest BCUT2D eigenvalue weighted by molar-refractivity contribution is 4.96. The van der Waals surface area contributed by atoms with Gasteiger partial charge >= 0.3 is 0 Å². The van der Waals surface area contributed by atoms with E-state index < -0.39 is 54.9 Å². The predicted octanol–water partition coefficient (Wildman–Crippen LogP) is -2.02. The Morgan fingerprint density at radius 2 is 1.77 bits per heavy atom. The Bertz CT molecular complexity index is 376. The molecule has 22 heavy (non-hydrogen) atoms. The van der Waals surface area contributed by atoms with Crippen molar-refractivity contribution in [2.45, 2.75) is 69.8 Å². The Labute approximate surface area is 129 Å². The van der Waals surface area contributed by atoms with Crippen LogP contribution in [0.1, 0.15) is 20.8 Å². The average molecular weight is 322 g/mol. The molecule has 130 valence electrons. The van der Waals surface area contributed by atoms with Gasteiger partial charge < -0.3 is 39.7 Å². The van der Waals surface area contributed by atoms with Gasteiger partial charge in [-0.15, -0.1) is 0 Å². The molecule has 2 aliphatic rings. The van der Waals surface area contributed by atoms with Crippen LogP contribution in [0.5, 0.6) is 0 Å². The van der Waals surface area contributed by atoms with Crippen LogP contribution in [0.25, 0.3) is 0 Å². The van der Waals surface area contributed by atoms with Crippen LogP contribution in [-0.2, 0) is 14.2 Å². The number of aliphatic hydroxyl groups excluding tert-OH is 5. The van der Waals surface area contributed by atoms with E-state index in [0.29, 0.717) is 0 Å². The fourth-order valence-electron chi connectivity index (χ4n) is 2.78. The summed E-state index contributed by atoms with van der Waals surface area (Å²) < 4.78 is 16.3. The van der Waals surface area contributed by atoms with Crippen LogP contribution in [0.3, 0.4) is 0 Å². The molecule has 2 rings (SSSR count). The molecule has 2 aliphatic heterocycles. The van der Waals surface area contributed by atoms with Crippen LogP contribution in [-0.4, -0.2) is 87.8 Å². The van der Waals surface area contributed by atoms with Crippen LogP contribution < -0.4 is 0 Å². The molecule has 0 amide bonds. The maximum Gasteiger partial charge on any atom is 0.186 e. The summed E-state index contributed by atoms with van der Waals surface area (Å²) in [4.78, 5) is 0. The summed E-state index contributed by atoms with van der Waals surface area (Å²) in [5.41, 5.74) is -0.418. The second-order valence-electron chi connectivity index (χ2n) is 6.62. The molecule has 0 aromatic carbocycles. The average Bonchev–Trinajstić information content (AvgIpc) is 2.86. The molecule has 0 bridgehead atoms.